The molecule has 1 rings (SSSR count). The largest absolute Gasteiger partial charge is 0.508 e. The van der Waals surface area contributed by atoms with Gasteiger partial charge in [0.1, 0.15) is 18.8 Å². The minimum atomic E-state index is -1.03. The Morgan fingerprint density at radius 3 is 2.06 bits per heavy atom. The van der Waals surface area contributed by atoms with Gasteiger partial charge in [-0.2, -0.15) is 0 Å². The fraction of sp³-hybridized carbons (Fsp3) is 0.524. The molecule has 31 heavy (non-hydrogen) atoms. The van der Waals surface area contributed by atoms with E-state index >= 15 is 0 Å². The van der Waals surface area contributed by atoms with E-state index in [9.17, 15) is 19.2 Å². The first-order valence-electron chi connectivity index (χ1n) is 9.73. The van der Waals surface area contributed by atoms with Crippen LogP contribution in [0.4, 0.5) is 4.79 Å². The van der Waals surface area contributed by atoms with E-state index in [0.29, 0.717) is 5.56 Å². The normalized spacial score (nSPS) is 12.5. The van der Waals surface area contributed by atoms with E-state index in [2.05, 4.69) is 0 Å². The lowest BCUT2D eigenvalue weighted by molar-refractivity contribution is -0.152. The lowest BCUT2D eigenvalue weighted by Gasteiger charge is -2.17. The fourth-order valence-electron chi connectivity index (χ4n) is 2.27. The van der Waals surface area contributed by atoms with Gasteiger partial charge in [-0.3, -0.25) is 14.4 Å². The summed E-state index contributed by atoms with van der Waals surface area (Å²) in [6.07, 6.45) is -1.50. The lowest BCUT2D eigenvalue weighted by Crippen LogP contribution is -2.37. The maximum absolute atomic E-state index is 12.2. The van der Waals surface area contributed by atoms with Crippen LogP contribution < -0.4 is 15.2 Å². The van der Waals surface area contributed by atoms with Crippen molar-refractivity contribution in [3.63, 3.8) is 0 Å². The average molecular weight is 439 g/mol. The third-order valence-corrected chi connectivity index (χ3v) is 3.56. The van der Waals surface area contributed by atoms with Crippen LogP contribution >= 0.6 is 0 Å². The van der Waals surface area contributed by atoms with Crippen molar-refractivity contribution >= 4 is 24.1 Å². The molecular weight excluding hydrogens is 410 g/mol. The molecule has 0 aliphatic rings. The molecule has 0 aromatic heterocycles. The average Bonchev–Trinajstić information content (AvgIpc) is 2.65. The quantitative estimate of drug-likeness (QED) is 0.426. The summed E-state index contributed by atoms with van der Waals surface area (Å²) >= 11 is 0. The van der Waals surface area contributed by atoms with Crippen molar-refractivity contribution in [1.29, 1.82) is 0 Å². The SMILES string of the molecule is CC(=O)Oc1ccc(C[C@H](N)C(=O)O[C@@H](C)COC(=O)OCC(C)C)cc1OC(C)=O. The molecule has 0 heterocycles. The first-order valence-corrected chi connectivity index (χ1v) is 9.73. The molecule has 0 unspecified atom stereocenters. The zero-order chi connectivity index (χ0) is 23.6. The van der Waals surface area contributed by atoms with Crippen molar-refractivity contribution in [2.24, 2.45) is 11.7 Å². The monoisotopic (exact) mass is 439 g/mol. The Morgan fingerprint density at radius 1 is 0.903 bits per heavy atom. The van der Waals surface area contributed by atoms with Gasteiger partial charge in [-0.05, 0) is 37.0 Å². The van der Waals surface area contributed by atoms with Crippen LogP contribution in [0, 0.1) is 5.92 Å². The summed E-state index contributed by atoms with van der Waals surface area (Å²) in [5, 5.41) is 0. The molecule has 1 aromatic carbocycles. The molecule has 0 aliphatic carbocycles. The van der Waals surface area contributed by atoms with Gasteiger partial charge < -0.3 is 29.4 Å². The number of hydrogen-bond donors (Lipinski definition) is 1. The number of esters is 3. The van der Waals surface area contributed by atoms with Crippen molar-refractivity contribution in [3.8, 4) is 11.5 Å². The molecule has 2 N–H and O–H groups in total. The molecule has 0 saturated heterocycles. The number of benzene rings is 1. The van der Waals surface area contributed by atoms with Crippen molar-refractivity contribution in [2.45, 2.75) is 53.2 Å². The Labute approximate surface area is 180 Å². The molecule has 0 radical (unpaired) electrons. The van der Waals surface area contributed by atoms with E-state index in [1.807, 2.05) is 13.8 Å². The minimum absolute atomic E-state index is 0.0300. The van der Waals surface area contributed by atoms with Crippen LogP contribution in [-0.4, -0.2) is 49.4 Å². The molecule has 10 heteroatoms. The van der Waals surface area contributed by atoms with E-state index in [4.69, 9.17) is 29.4 Å². The Hall–Kier alpha value is -3.14. The summed E-state index contributed by atoms with van der Waals surface area (Å²) in [6.45, 7) is 7.79. The highest BCUT2D eigenvalue weighted by atomic mass is 16.7. The zero-order valence-corrected chi connectivity index (χ0v) is 18.3. The van der Waals surface area contributed by atoms with Crippen LogP contribution in [-0.2, 0) is 35.0 Å². The fourth-order valence-corrected chi connectivity index (χ4v) is 2.27. The first kappa shape index (κ1) is 25.9. The number of carbonyl (C=O) groups excluding carboxylic acids is 4. The topological polar surface area (TPSA) is 140 Å². The maximum Gasteiger partial charge on any atom is 0.508 e. The molecule has 1 aromatic rings. The summed E-state index contributed by atoms with van der Waals surface area (Å²) in [4.78, 5) is 46.1. The molecule has 10 nitrogen and oxygen atoms in total. The van der Waals surface area contributed by atoms with Crippen molar-refractivity contribution in [1.82, 2.24) is 0 Å². The van der Waals surface area contributed by atoms with Crippen LogP contribution in [0.1, 0.15) is 40.2 Å². The van der Waals surface area contributed by atoms with Crippen LogP contribution in [0.25, 0.3) is 0 Å². The highest BCUT2D eigenvalue weighted by Gasteiger charge is 2.21. The Morgan fingerprint density at radius 2 is 1.48 bits per heavy atom. The Balaban J connectivity index is 2.63. The van der Waals surface area contributed by atoms with Crippen LogP contribution in [0.3, 0.4) is 0 Å². The summed E-state index contributed by atoms with van der Waals surface area (Å²) < 4.78 is 25.0. The van der Waals surface area contributed by atoms with Gasteiger partial charge in [-0.1, -0.05) is 19.9 Å². The predicted octanol–water partition coefficient (Wildman–Crippen LogP) is 2.15. The van der Waals surface area contributed by atoms with E-state index in [1.165, 1.54) is 26.0 Å². The van der Waals surface area contributed by atoms with Crippen LogP contribution in [0.2, 0.25) is 0 Å². The third kappa shape index (κ3) is 10.4. The number of hydrogen-bond acceptors (Lipinski definition) is 10. The molecule has 0 aliphatic heterocycles. The van der Waals surface area contributed by atoms with Gasteiger partial charge in [-0.15, -0.1) is 0 Å². The van der Waals surface area contributed by atoms with Gasteiger partial charge in [0.05, 0.1) is 6.61 Å². The first-order chi connectivity index (χ1) is 14.5. The predicted molar refractivity (Wildman–Crippen MR) is 108 cm³/mol. The second-order valence-electron chi connectivity index (χ2n) is 7.29. The lowest BCUT2D eigenvalue weighted by atomic mass is 10.1. The van der Waals surface area contributed by atoms with E-state index in [1.54, 1.807) is 13.0 Å². The Kier molecular flexibility index (Phi) is 10.5. The molecule has 0 bridgehead atoms. The third-order valence-electron chi connectivity index (χ3n) is 3.56. The molecule has 0 spiro atoms. The Bertz CT molecular complexity index is 791. The molecule has 0 fully saturated rings. The number of ether oxygens (including phenoxy) is 5. The molecule has 0 saturated carbocycles. The molecular formula is C21H29NO9. The van der Waals surface area contributed by atoms with E-state index < -0.39 is 36.2 Å². The van der Waals surface area contributed by atoms with Gasteiger partial charge in [-0.25, -0.2) is 4.79 Å². The highest BCUT2D eigenvalue weighted by Crippen LogP contribution is 2.29. The van der Waals surface area contributed by atoms with Gasteiger partial charge in [0.2, 0.25) is 0 Å². The van der Waals surface area contributed by atoms with Gasteiger partial charge in [0.25, 0.3) is 0 Å². The molecule has 2 atom stereocenters. The summed E-state index contributed by atoms with van der Waals surface area (Å²) in [6, 6.07) is 3.44. The summed E-state index contributed by atoms with van der Waals surface area (Å²) in [5.41, 5.74) is 6.46. The second kappa shape index (κ2) is 12.5. The van der Waals surface area contributed by atoms with Crippen molar-refractivity contribution < 1.29 is 42.9 Å². The minimum Gasteiger partial charge on any atom is -0.458 e. The zero-order valence-electron chi connectivity index (χ0n) is 18.3. The summed E-state index contributed by atoms with van der Waals surface area (Å²) in [5.74, 6) is -1.61. The van der Waals surface area contributed by atoms with E-state index in [-0.39, 0.29) is 37.1 Å². The van der Waals surface area contributed by atoms with Crippen molar-refractivity contribution in [2.75, 3.05) is 13.2 Å². The number of nitrogens with two attached hydrogens (primary N) is 1. The van der Waals surface area contributed by atoms with Gasteiger partial charge in [0.15, 0.2) is 11.5 Å². The molecule has 0 amide bonds. The van der Waals surface area contributed by atoms with Gasteiger partial charge >= 0.3 is 24.1 Å². The van der Waals surface area contributed by atoms with Crippen LogP contribution in [0.5, 0.6) is 11.5 Å². The molecule has 172 valence electrons. The standard InChI is InChI=1S/C21H29NO9/c1-12(2)10-27-21(26)28-11-13(3)29-20(25)17(22)8-16-6-7-18(30-14(4)23)19(9-16)31-15(5)24/h6-7,9,12-13,17H,8,10-11,22H2,1-5H3/t13-,17-/m0/s1. The van der Waals surface area contributed by atoms with Crippen molar-refractivity contribution in [3.05, 3.63) is 23.8 Å². The number of carbonyl (C=O) groups is 4. The maximum atomic E-state index is 12.2. The number of rotatable bonds is 10. The highest BCUT2D eigenvalue weighted by molar-refractivity contribution is 5.76. The van der Waals surface area contributed by atoms with Crippen LogP contribution in [0.15, 0.2) is 18.2 Å². The van der Waals surface area contributed by atoms with E-state index in [0.717, 1.165) is 0 Å². The summed E-state index contributed by atoms with van der Waals surface area (Å²) in [7, 11) is 0. The van der Waals surface area contributed by atoms with Gasteiger partial charge in [0, 0.05) is 13.8 Å². The smallest absolute Gasteiger partial charge is 0.458 e. The second-order valence-corrected chi connectivity index (χ2v) is 7.29.